The standard InChI is InChI=1S/C19H17N3O/c1-3-21-17-11-7-5-9-14(17)15-12-20-22(19(23)18(15)21)16-10-6-4-8-13(16)2/h4-12H,3H2,1-2H3. The molecule has 0 spiro atoms. The summed E-state index contributed by atoms with van der Waals surface area (Å²) in [5, 5.41) is 6.42. The fraction of sp³-hybridized carbons (Fsp3) is 0.158. The summed E-state index contributed by atoms with van der Waals surface area (Å²) in [6, 6.07) is 15.9. The number of hydrogen-bond acceptors (Lipinski definition) is 2. The van der Waals surface area contributed by atoms with Gasteiger partial charge >= 0.3 is 0 Å². The van der Waals surface area contributed by atoms with Gasteiger partial charge in [0.05, 0.1) is 11.9 Å². The molecule has 0 saturated carbocycles. The minimum absolute atomic E-state index is 0.0742. The first-order valence-electron chi connectivity index (χ1n) is 7.77. The molecular formula is C19H17N3O. The van der Waals surface area contributed by atoms with Gasteiger partial charge in [-0.3, -0.25) is 4.79 Å². The van der Waals surface area contributed by atoms with Gasteiger partial charge in [-0.25, -0.2) is 0 Å². The summed E-state index contributed by atoms with van der Waals surface area (Å²) in [4.78, 5) is 13.1. The van der Waals surface area contributed by atoms with Gasteiger partial charge in [-0.15, -0.1) is 0 Å². The van der Waals surface area contributed by atoms with Crippen molar-refractivity contribution in [3.8, 4) is 5.69 Å². The van der Waals surface area contributed by atoms with Crippen molar-refractivity contribution in [1.29, 1.82) is 0 Å². The highest BCUT2D eigenvalue weighted by molar-refractivity contribution is 6.07. The van der Waals surface area contributed by atoms with Crippen LogP contribution in [0.4, 0.5) is 0 Å². The summed E-state index contributed by atoms with van der Waals surface area (Å²) >= 11 is 0. The van der Waals surface area contributed by atoms with E-state index in [0.29, 0.717) is 5.52 Å². The van der Waals surface area contributed by atoms with Crippen LogP contribution in [0.2, 0.25) is 0 Å². The topological polar surface area (TPSA) is 39.8 Å². The van der Waals surface area contributed by atoms with Gasteiger partial charge in [0.25, 0.3) is 5.56 Å². The third kappa shape index (κ3) is 1.91. The van der Waals surface area contributed by atoms with E-state index in [0.717, 1.165) is 34.1 Å². The molecule has 0 N–H and O–H groups in total. The molecule has 0 fully saturated rings. The molecule has 0 atom stereocenters. The lowest BCUT2D eigenvalue weighted by molar-refractivity contribution is 0.780. The number of hydrogen-bond donors (Lipinski definition) is 0. The van der Waals surface area contributed by atoms with Gasteiger partial charge in [-0.2, -0.15) is 9.78 Å². The zero-order chi connectivity index (χ0) is 16.0. The molecule has 2 aromatic heterocycles. The minimum Gasteiger partial charge on any atom is -0.336 e. The van der Waals surface area contributed by atoms with Crippen LogP contribution >= 0.6 is 0 Å². The van der Waals surface area contributed by atoms with E-state index in [1.165, 1.54) is 4.68 Å². The number of benzene rings is 2. The van der Waals surface area contributed by atoms with E-state index < -0.39 is 0 Å². The Labute approximate surface area is 133 Å². The van der Waals surface area contributed by atoms with Gasteiger partial charge in [0.15, 0.2) is 0 Å². The Bertz CT molecular complexity index is 1090. The normalized spacial score (nSPS) is 11.4. The van der Waals surface area contributed by atoms with Crippen molar-refractivity contribution < 1.29 is 0 Å². The van der Waals surface area contributed by atoms with Crippen LogP contribution in [0.1, 0.15) is 12.5 Å². The highest BCUT2D eigenvalue weighted by Crippen LogP contribution is 2.26. The van der Waals surface area contributed by atoms with Crippen LogP contribution in [-0.4, -0.2) is 14.3 Å². The van der Waals surface area contributed by atoms with Crippen molar-refractivity contribution in [2.24, 2.45) is 0 Å². The first kappa shape index (κ1) is 13.8. The van der Waals surface area contributed by atoms with Crippen molar-refractivity contribution >= 4 is 21.8 Å². The van der Waals surface area contributed by atoms with E-state index in [-0.39, 0.29) is 5.56 Å². The molecule has 23 heavy (non-hydrogen) atoms. The molecular weight excluding hydrogens is 286 g/mol. The molecule has 4 nitrogen and oxygen atoms in total. The molecule has 4 aromatic rings. The lowest BCUT2D eigenvalue weighted by atomic mass is 10.2. The summed E-state index contributed by atoms with van der Waals surface area (Å²) in [5.74, 6) is 0. The van der Waals surface area contributed by atoms with Gasteiger partial charge < -0.3 is 4.57 Å². The van der Waals surface area contributed by atoms with Crippen LogP contribution in [0.5, 0.6) is 0 Å². The highest BCUT2D eigenvalue weighted by atomic mass is 16.1. The highest BCUT2D eigenvalue weighted by Gasteiger charge is 2.15. The fourth-order valence-corrected chi connectivity index (χ4v) is 3.26. The number of aromatic nitrogens is 3. The Kier molecular flexibility index (Phi) is 3.05. The van der Waals surface area contributed by atoms with Crippen molar-refractivity contribution in [2.75, 3.05) is 0 Å². The van der Waals surface area contributed by atoms with Gasteiger partial charge in [0.2, 0.25) is 0 Å². The summed E-state index contributed by atoms with van der Waals surface area (Å²) < 4.78 is 3.58. The summed E-state index contributed by atoms with van der Waals surface area (Å²) in [7, 11) is 0. The first-order valence-corrected chi connectivity index (χ1v) is 7.77. The van der Waals surface area contributed by atoms with Gasteiger partial charge in [0.1, 0.15) is 5.52 Å². The maximum Gasteiger partial charge on any atom is 0.296 e. The van der Waals surface area contributed by atoms with Gasteiger partial charge in [0, 0.05) is 22.8 Å². The summed E-state index contributed by atoms with van der Waals surface area (Å²) in [6.07, 6.45) is 1.80. The third-order valence-electron chi connectivity index (χ3n) is 4.37. The molecule has 4 rings (SSSR count). The molecule has 0 aliphatic carbocycles. The zero-order valence-corrected chi connectivity index (χ0v) is 13.2. The van der Waals surface area contributed by atoms with Crippen LogP contribution < -0.4 is 5.56 Å². The molecule has 0 radical (unpaired) electrons. The first-order chi connectivity index (χ1) is 11.2. The minimum atomic E-state index is -0.0742. The molecule has 0 saturated heterocycles. The molecule has 0 amide bonds. The predicted molar refractivity (Wildman–Crippen MR) is 93.2 cm³/mol. The lowest BCUT2D eigenvalue weighted by Gasteiger charge is -2.08. The third-order valence-corrected chi connectivity index (χ3v) is 4.37. The molecule has 4 heteroatoms. The summed E-state index contributed by atoms with van der Waals surface area (Å²) in [6.45, 7) is 4.80. The average molecular weight is 303 g/mol. The van der Waals surface area contributed by atoms with Crippen LogP contribution in [0.15, 0.2) is 59.5 Å². The Balaban J connectivity index is 2.16. The molecule has 0 aliphatic rings. The van der Waals surface area contributed by atoms with Crippen molar-refractivity contribution in [2.45, 2.75) is 20.4 Å². The Morgan fingerprint density at radius 3 is 2.52 bits per heavy atom. The van der Waals surface area contributed by atoms with E-state index in [4.69, 9.17) is 0 Å². The number of aryl methyl sites for hydroxylation is 2. The van der Waals surface area contributed by atoms with E-state index in [2.05, 4.69) is 22.7 Å². The second-order valence-electron chi connectivity index (χ2n) is 5.67. The van der Waals surface area contributed by atoms with Crippen LogP contribution in [0.3, 0.4) is 0 Å². The Morgan fingerprint density at radius 2 is 1.74 bits per heavy atom. The van der Waals surface area contributed by atoms with E-state index in [9.17, 15) is 4.79 Å². The zero-order valence-electron chi connectivity index (χ0n) is 13.2. The van der Waals surface area contributed by atoms with E-state index >= 15 is 0 Å². The van der Waals surface area contributed by atoms with E-state index in [1.54, 1.807) is 6.20 Å². The monoisotopic (exact) mass is 303 g/mol. The smallest absolute Gasteiger partial charge is 0.296 e. The Hall–Kier alpha value is -2.88. The number of nitrogens with zero attached hydrogens (tertiary/aromatic N) is 3. The molecule has 2 heterocycles. The van der Waals surface area contributed by atoms with Crippen LogP contribution in [-0.2, 0) is 6.54 Å². The largest absolute Gasteiger partial charge is 0.336 e. The van der Waals surface area contributed by atoms with Crippen molar-refractivity contribution in [1.82, 2.24) is 14.3 Å². The van der Waals surface area contributed by atoms with Crippen molar-refractivity contribution in [3.63, 3.8) is 0 Å². The fourth-order valence-electron chi connectivity index (χ4n) is 3.26. The van der Waals surface area contributed by atoms with Crippen LogP contribution in [0.25, 0.3) is 27.5 Å². The predicted octanol–water partition coefficient (Wildman–Crippen LogP) is 3.67. The Morgan fingerprint density at radius 1 is 1.00 bits per heavy atom. The second-order valence-corrected chi connectivity index (χ2v) is 5.67. The molecule has 0 unspecified atom stereocenters. The van der Waals surface area contributed by atoms with Crippen LogP contribution in [0, 0.1) is 6.92 Å². The molecule has 0 aliphatic heterocycles. The average Bonchev–Trinajstić information content (AvgIpc) is 2.91. The van der Waals surface area contributed by atoms with Gasteiger partial charge in [-0.1, -0.05) is 36.4 Å². The van der Waals surface area contributed by atoms with E-state index in [1.807, 2.05) is 49.4 Å². The van der Waals surface area contributed by atoms with Crippen molar-refractivity contribution in [3.05, 3.63) is 70.6 Å². The number of fused-ring (bicyclic) bond motifs is 3. The lowest BCUT2D eigenvalue weighted by Crippen LogP contribution is -2.23. The van der Waals surface area contributed by atoms with Gasteiger partial charge in [-0.05, 0) is 31.5 Å². The summed E-state index contributed by atoms with van der Waals surface area (Å²) in [5.41, 5.74) is 3.57. The maximum absolute atomic E-state index is 13.1. The quantitative estimate of drug-likeness (QED) is 0.567. The number of para-hydroxylation sites is 2. The molecule has 2 aromatic carbocycles. The molecule has 0 bridgehead atoms. The SMILES string of the molecule is CCn1c2ccccc2c2cnn(-c3ccccc3C)c(=O)c21. The number of rotatable bonds is 2. The second kappa shape index (κ2) is 5.09. The molecule has 114 valence electrons. The maximum atomic E-state index is 13.1.